The smallest absolute Gasteiger partial charge is 0.223 e. The lowest BCUT2D eigenvalue weighted by atomic mass is 9.68. The molecule has 0 saturated heterocycles. The molecule has 0 radical (unpaired) electrons. The van der Waals surface area contributed by atoms with Crippen LogP contribution in [0, 0.1) is 29.0 Å². The molecule has 37 heavy (non-hydrogen) atoms. The molecule has 3 aliphatic carbocycles. The van der Waals surface area contributed by atoms with Crippen LogP contribution in [0.2, 0.25) is 0 Å². The summed E-state index contributed by atoms with van der Waals surface area (Å²) in [6, 6.07) is 17.1. The van der Waals surface area contributed by atoms with E-state index in [1.54, 1.807) is 12.1 Å². The fourth-order valence-electron chi connectivity index (χ4n) is 7.16. The van der Waals surface area contributed by atoms with Gasteiger partial charge in [-0.1, -0.05) is 56.2 Å². The number of nitrogens with zero attached hydrogens (tertiary/aromatic N) is 2. The minimum atomic E-state index is -0.239. The lowest BCUT2D eigenvalue weighted by molar-refractivity contribution is -0.126. The molecule has 2 aromatic carbocycles. The van der Waals surface area contributed by atoms with Gasteiger partial charge >= 0.3 is 0 Å². The second-order valence-electron chi connectivity index (χ2n) is 11.7. The Hall–Kier alpha value is -3.21. The first-order chi connectivity index (χ1) is 17.9. The van der Waals surface area contributed by atoms with Gasteiger partial charge in [0.05, 0.1) is 23.6 Å². The number of aromatic nitrogens is 2. The Morgan fingerprint density at radius 1 is 1.14 bits per heavy atom. The molecule has 4 nitrogen and oxygen atoms in total. The number of benzene rings is 2. The molecule has 5 heteroatoms. The largest absolute Gasteiger partial charge is 0.349 e. The molecule has 2 saturated carbocycles. The first-order valence-corrected chi connectivity index (χ1v) is 13.8. The number of halogens is 1. The summed E-state index contributed by atoms with van der Waals surface area (Å²) in [4.78, 5) is 13.3. The average molecular weight is 498 g/mol. The van der Waals surface area contributed by atoms with E-state index in [2.05, 4.69) is 54.6 Å². The molecule has 0 spiro atoms. The zero-order valence-corrected chi connectivity index (χ0v) is 21.8. The van der Waals surface area contributed by atoms with Crippen molar-refractivity contribution in [1.82, 2.24) is 15.1 Å². The zero-order valence-electron chi connectivity index (χ0n) is 21.8. The van der Waals surface area contributed by atoms with Crippen LogP contribution >= 0.6 is 0 Å². The van der Waals surface area contributed by atoms with E-state index in [1.807, 2.05) is 16.9 Å². The average Bonchev–Trinajstić information content (AvgIpc) is 3.60. The Bertz CT molecular complexity index is 1310. The third-order valence-electron chi connectivity index (χ3n) is 9.46. The van der Waals surface area contributed by atoms with E-state index in [0.717, 1.165) is 56.3 Å². The van der Waals surface area contributed by atoms with Crippen LogP contribution in [0.1, 0.15) is 75.2 Å². The lowest BCUT2D eigenvalue weighted by Gasteiger charge is -2.38. The monoisotopic (exact) mass is 497 g/mol. The van der Waals surface area contributed by atoms with Crippen LogP contribution in [0.4, 0.5) is 4.39 Å². The summed E-state index contributed by atoms with van der Waals surface area (Å²) in [7, 11) is 0. The summed E-state index contributed by atoms with van der Waals surface area (Å²) in [6.07, 6.45) is 11.7. The van der Waals surface area contributed by atoms with Gasteiger partial charge in [0.15, 0.2) is 0 Å². The van der Waals surface area contributed by atoms with Crippen molar-refractivity contribution < 1.29 is 9.18 Å². The van der Waals surface area contributed by atoms with Gasteiger partial charge in [-0.3, -0.25) is 4.79 Å². The number of carbonyl (C=O) groups is 1. The molecule has 3 aromatic rings. The molecule has 2 unspecified atom stereocenters. The molecule has 192 valence electrons. The number of hydrogen-bond donors (Lipinski definition) is 1. The number of hydrogen-bond acceptors (Lipinski definition) is 2. The summed E-state index contributed by atoms with van der Waals surface area (Å²) in [5.41, 5.74) is 5.94. The van der Waals surface area contributed by atoms with Crippen molar-refractivity contribution in [3.05, 3.63) is 89.0 Å². The van der Waals surface area contributed by atoms with Crippen LogP contribution in [0.25, 0.3) is 11.8 Å². The van der Waals surface area contributed by atoms with Gasteiger partial charge in [0.25, 0.3) is 0 Å². The summed E-state index contributed by atoms with van der Waals surface area (Å²) in [5, 5.41) is 8.16. The second-order valence-corrected chi connectivity index (χ2v) is 11.7. The number of rotatable bonds is 6. The van der Waals surface area contributed by atoms with Crippen LogP contribution < -0.4 is 5.32 Å². The van der Waals surface area contributed by atoms with Gasteiger partial charge in [0.1, 0.15) is 5.82 Å². The lowest BCUT2D eigenvalue weighted by Crippen LogP contribution is -2.38. The van der Waals surface area contributed by atoms with E-state index >= 15 is 0 Å². The molecule has 1 amide bonds. The Morgan fingerprint density at radius 3 is 2.65 bits per heavy atom. The Labute approximate surface area is 219 Å². The quantitative estimate of drug-likeness (QED) is 0.397. The van der Waals surface area contributed by atoms with E-state index in [-0.39, 0.29) is 29.1 Å². The van der Waals surface area contributed by atoms with E-state index in [0.29, 0.717) is 11.8 Å². The highest BCUT2D eigenvalue weighted by Crippen LogP contribution is 2.55. The van der Waals surface area contributed by atoms with Crippen LogP contribution in [0.3, 0.4) is 0 Å². The third-order valence-corrected chi connectivity index (χ3v) is 9.46. The van der Waals surface area contributed by atoms with E-state index in [4.69, 9.17) is 0 Å². The minimum Gasteiger partial charge on any atom is -0.349 e. The first-order valence-electron chi connectivity index (χ1n) is 13.8. The number of carbonyl (C=O) groups excluding carboxylic acids is 1. The number of fused-ring (bicyclic) bond motifs is 2. The molecule has 1 N–H and O–H groups in total. The van der Waals surface area contributed by atoms with Crippen molar-refractivity contribution in [2.24, 2.45) is 23.2 Å². The fraction of sp³-hybridized carbons (Fsp3) is 0.438. The molecule has 1 heterocycles. The fourth-order valence-corrected chi connectivity index (χ4v) is 7.16. The second kappa shape index (κ2) is 9.59. The normalized spacial score (nSPS) is 27.3. The number of allylic oxidation sites excluding steroid dienone is 1. The summed E-state index contributed by atoms with van der Waals surface area (Å²) >= 11 is 0. The third kappa shape index (κ3) is 4.43. The van der Waals surface area contributed by atoms with Gasteiger partial charge in [-0.05, 0) is 97.2 Å². The van der Waals surface area contributed by atoms with Gasteiger partial charge in [-0.2, -0.15) is 5.10 Å². The summed E-state index contributed by atoms with van der Waals surface area (Å²) in [5.74, 6) is 1.05. The maximum atomic E-state index is 13.5. The predicted molar refractivity (Wildman–Crippen MR) is 144 cm³/mol. The van der Waals surface area contributed by atoms with Crippen molar-refractivity contribution in [3.63, 3.8) is 0 Å². The van der Waals surface area contributed by atoms with E-state index in [9.17, 15) is 9.18 Å². The molecular weight excluding hydrogens is 461 g/mol. The molecule has 0 bridgehead atoms. The molecule has 0 aliphatic heterocycles. The minimum absolute atomic E-state index is 0.0195. The molecule has 2 fully saturated rings. The molecule has 3 aliphatic rings. The maximum absolute atomic E-state index is 13.5. The SMILES string of the molecule is CC1CCC[C@H]1C(=O)NC(C[C@H]1CCC2=Cc3c(cnn3-c3ccc(F)cc3)C[C@@]21C)c1ccccc1. The van der Waals surface area contributed by atoms with E-state index in [1.165, 1.54) is 28.8 Å². The van der Waals surface area contributed by atoms with Crippen LogP contribution in [0.5, 0.6) is 0 Å². The predicted octanol–water partition coefficient (Wildman–Crippen LogP) is 7.05. The van der Waals surface area contributed by atoms with Crippen molar-refractivity contribution in [2.45, 2.75) is 64.8 Å². The number of amides is 1. The Balaban J connectivity index is 1.26. The highest BCUT2D eigenvalue weighted by molar-refractivity contribution is 5.79. The topological polar surface area (TPSA) is 46.9 Å². The summed E-state index contributed by atoms with van der Waals surface area (Å²) in [6.45, 7) is 4.62. The van der Waals surface area contributed by atoms with Crippen molar-refractivity contribution in [3.8, 4) is 5.69 Å². The standard InChI is InChI=1S/C32H36FN3O/c1-21-7-6-10-28(21)31(37)35-29(22-8-4-3-5-9-22)17-24-11-12-25-18-30-23(19-32(24,25)2)20-34-36(30)27-15-13-26(33)14-16-27/h3-5,8-9,13-16,18,20-21,24,28-29H,6-7,10-12,17,19H2,1-2H3,(H,35,37)/t21?,24-,28-,29?,32-/m1/s1. The molecule has 5 atom stereocenters. The van der Waals surface area contributed by atoms with Crippen LogP contribution in [-0.2, 0) is 11.2 Å². The Morgan fingerprint density at radius 2 is 1.92 bits per heavy atom. The number of nitrogens with one attached hydrogen (secondary N) is 1. The van der Waals surface area contributed by atoms with Crippen LogP contribution in [0.15, 0.2) is 66.4 Å². The first kappa shape index (κ1) is 24.1. The van der Waals surface area contributed by atoms with Gasteiger partial charge in [-0.15, -0.1) is 0 Å². The van der Waals surface area contributed by atoms with E-state index < -0.39 is 0 Å². The van der Waals surface area contributed by atoms with Gasteiger partial charge in [0.2, 0.25) is 5.91 Å². The highest BCUT2D eigenvalue weighted by Gasteiger charge is 2.46. The van der Waals surface area contributed by atoms with Crippen molar-refractivity contribution in [2.75, 3.05) is 0 Å². The molecule has 1 aromatic heterocycles. The van der Waals surface area contributed by atoms with Gasteiger partial charge < -0.3 is 5.32 Å². The van der Waals surface area contributed by atoms with Crippen LogP contribution in [-0.4, -0.2) is 15.7 Å². The maximum Gasteiger partial charge on any atom is 0.223 e. The highest BCUT2D eigenvalue weighted by atomic mass is 19.1. The zero-order chi connectivity index (χ0) is 25.6. The summed E-state index contributed by atoms with van der Waals surface area (Å²) < 4.78 is 15.4. The van der Waals surface area contributed by atoms with Gasteiger partial charge in [0, 0.05) is 5.92 Å². The molecular formula is C32H36FN3O. The Kier molecular flexibility index (Phi) is 6.26. The van der Waals surface area contributed by atoms with Crippen molar-refractivity contribution in [1.29, 1.82) is 0 Å². The van der Waals surface area contributed by atoms with Gasteiger partial charge in [-0.25, -0.2) is 9.07 Å². The van der Waals surface area contributed by atoms with Crippen molar-refractivity contribution >= 4 is 12.0 Å². The molecule has 6 rings (SSSR count).